The largest absolute Gasteiger partial charge is 0.245 e. The van der Waals surface area contributed by atoms with Crippen LogP contribution in [-0.4, -0.2) is 9.97 Å². The van der Waals surface area contributed by atoms with Gasteiger partial charge in [0.05, 0.1) is 22.4 Å². The number of nitrogens with zero attached hydrogens (tertiary/aromatic N) is 2. The number of aromatic nitrogens is 2. The molecule has 0 saturated carbocycles. The molecule has 0 bridgehead atoms. The lowest BCUT2D eigenvalue weighted by atomic mass is 9.95. The Hall–Kier alpha value is -5.90. The molecule has 0 N–H and O–H groups in total. The summed E-state index contributed by atoms with van der Waals surface area (Å²) in [5.74, 6) is 0. The Morgan fingerprint density at radius 2 is 0.915 bits per heavy atom. The second-order valence-corrected chi connectivity index (χ2v) is 13.2. The summed E-state index contributed by atoms with van der Waals surface area (Å²) in [6.07, 6.45) is 0. The number of thiophene rings is 1. The first-order chi connectivity index (χ1) is 23.3. The Morgan fingerprint density at radius 3 is 1.70 bits per heavy atom. The fraction of sp³-hybridized carbons (Fsp3) is 0. The lowest BCUT2D eigenvalue weighted by Gasteiger charge is -2.13. The lowest BCUT2D eigenvalue weighted by molar-refractivity contribution is 1.37. The summed E-state index contributed by atoms with van der Waals surface area (Å²) in [4.78, 5) is 10.7. The van der Waals surface area contributed by atoms with Crippen LogP contribution in [0.25, 0.3) is 97.2 Å². The summed E-state index contributed by atoms with van der Waals surface area (Å²) in [6.45, 7) is 0. The molecule has 0 amide bonds. The molecule has 7 aromatic carbocycles. The van der Waals surface area contributed by atoms with E-state index >= 15 is 0 Å². The third kappa shape index (κ3) is 4.17. The summed E-state index contributed by atoms with van der Waals surface area (Å²) >= 11 is 1.85. The van der Waals surface area contributed by atoms with Gasteiger partial charge in [-0.05, 0) is 69.1 Å². The molecule has 0 aliphatic carbocycles. The minimum atomic E-state index is 0.918. The van der Waals surface area contributed by atoms with Crippen LogP contribution in [0, 0.1) is 0 Å². The molecule has 10 rings (SSSR count). The molecule has 3 heteroatoms. The van der Waals surface area contributed by atoms with E-state index in [4.69, 9.17) is 9.97 Å². The normalized spacial score (nSPS) is 11.8. The Morgan fingerprint density at radius 1 is 0.340 bits per heavy atom. The third-order valence-corrected chi connectivity index (χ3v) is 10.6. The van der Waals surface area contributed by atoms with Crippen molar-refractivity contribution in [1.29, 1.82) is 0 Å². The molecule has 0 saturated heterocycles. The Labute approximate surface area is 275 Å². The molecule has 0 fully saturated rings. The van der Waals surface area contributed by atoms with E-state index in [-0.39, 0.29) is 0 Å². The van der Waals surface area contributed by atoms with Gasteiger partial charge in [-0.1, -0.05) is 121 Å². The maximum Gasteiger partial charge on any atom is 0.0972 e. The molecule has 47 heavy (non-hydrogen) atoms. The van der Waals surface area contributed by atoms with E-state index in [2.05, 4.69) is 158 Å². The summed E-state index contributed by atoms with van der Waals surface area (Å²) in [5.41, 5.74) is 8.35. The van der Waals surface area contributed by atoms with Crippen LogP contribution < -0.4 is 0 Å². The van der Waals surface area contributed by atoms with E-state index in [0.29, 0.717) is 0 Å². The fourth-order valence-electron chi connectivity index (χ4n) is 7.19. The van der Waals surface area contributed by atoms with Crippen molar-refractivity contribution < 1.29 is 0 Å². The predicted octanol–water partition coefficient (Wildman–Crippen LogP) is 12.5. The second-order valence-electron chi connectivity index (χ2n) is 12.1. The van der Waals surface area contributed by atoms with Crippen molar-refractivity contribution in [3.63, 3.8) is 0 Å². The average Bonchev–Trinajstić information content (AvgIpc) is 3.52. The molecule has 218 valence electrons. The van der Waals surface area contributed by atoms with E-state index in [0.717, 1.165) is 44.3 Å². The standard InChI is InChI=1S/C44H26N2S/c1-2-10-31-29(9-1)25-37(34-13-5-4-12-33(31)34)40-23-20-28-18-17-27-19-22-39(45-43(27)44(28)46-40)35-14-6-3-11-32(35)30-21-24-42-38(26-30)36-15-7-8-16-41(36)47-42/h1-26H. The molecule has 0 aliphatic heterocycles. The highest BCUT2D eigenvalue weighted by atomic mass is 32.1. The SMILES string of the molecule is c1ccc(-c2ccc3ccc4ccc(-c5cc6ccccc6c6ccccc56)nc4c3n2)c(-c2ccc3sc4ccccc4c3c2)c1. The molecule has 3 heterocycles. The minimum Gasteiger partial charge on any atom is -0.245 e. The van der Waals surface area contributed by atoms with Crippen LogP contribution in [-0.2, 0) is 0 Å². The molecule has 0 radical (unpaired) electrons. The van der Waals surface area contributed by atoms with E-state index in [1.165, 1.54) is 52.8 Å². The Kier molecular flexibility index (Phi) is 5.78. The Balaban J connectivity index is 1.16. The maximum absolute atomic E-state index is 5.35. The molecule has 0 atom stereocenters. The third-order valence-electron chi connectivity index (χ3n) is 9.45. The zero-order chi connectivity index (χ0) is 30.9. The van der Waals surface area contributed by atoms with Crippen molar-refractivity contribution in [2.75, 3.05) is 0 Å². The zero-order valence-corrected chi connectivity index (χ0v) is 26.1. The van der Waals surface area contributed by atoms with Gasteiger partial charge in [0.2, 0.25) is 0 Å². The zero-order valence-electron chi connectivity index (χ0n) is 25.3. The second kappa shape index (κ2) is 10.3. The van der Waals surface area contributed by atoms with Crippen molar-refractivity contribution >= 4 is 74.9 Å². The monoisotopic (exact) mass is 614 g/mol. The lowest BCUT2D eigenvalue weighted by Crippen LogP contribution is -1.93. The quantitative estimate of drug-likeness (QED) is 0.185. The molecule has 10 aromatic rings. The highest BCUT2D eigenvalue weighted by Crippen LogP contribution is 2.40. The first-order valence-electron chi connectivity index (χ1n) is 15.9. The average molecular weight is 615 g/mol. The summed E-state index contributed by atoms with van der Waals surface area (Å²) in [7, 11) is 0. The van der Waals surface area contributed by atoms with Crippen LogP contribution >= 0.6 is 11.3 Å². The van der Waals surface area contributed by atoms with Crippen LogP contribution in [0.4, 0.5) is 0 Å². The number of pyridine rings is 2. The molecular formula is C44H26N2S. The van der Waals surface area contributed by atoms with Gasteiger partial charge in [-0.25, -0.2) is 9.97 Å². The highest BCUT2D eigenvalue weighted by Gasteiger charge is 2.15. The minimum absolute atomic E-state index is 0.918. The van der Waals surface area contributed by atoms with Crippen LogP contribution in [0.3, 0.4) is 0 Å². The topological polar surface area (TPSA) is 25.8 Å². The number of benzene rings is 7. The van der Waals surface area contributed by atoms with Gasteiger partial charge in [-0.15, -0.1) is 11.3 Å². The number of hydrogen-bond acceptors (Lipinski definition) is 3. The maximum atomic E-state index is 5.35. The molecular weight excluding hydrogens is 589 g/mol. The Bertz CT molecular complexity index is 2860. The molecule has 0 unspecified atom stereocenters. The fourth-order valence-corrected chi connectivity index (χ4v) is 8.27. The molecule has 0 aliphatic rings. The first kappa shape index (κ1) is 26.3. The number of fused-ring (bicyclic) bond motifs is 9. The van der Waals surface area contributed by atoms with Crippen molar-refractivity contribution in [2.24, 2.45) is 0 Å². The van der Waals surface area contributed by atoms with Crippen LogP contribution in [0.1, 0.15) is 0 Å². The van der Waals surface area contributed by atoms with Gasteiger partial charge in [0.1, 0.15) is 0 Å². The van der Waals surface area contributed by atoms with Gasteiger partial charge in [0.25, 0.3) is 0 Å². The van der Waals surface area contributed by atoms with E-state index < -0.39 is 0 Å². The predicted molar refractivity (Wildman–Crippen MR) is 201 cm³/mol. The van der Waals surface area contributed by atoms with Crippen molar-refractivity contribution in [1.82, 2.24) is 9.97 Å². The smallest absolute Gasteiger partial charge is 0.0972 e. The van der Waals surface area contributed by atoms with Crippen LogP contribution in [0.2, 0.25) is 0 Å². The number of hydrogen-bond donors (Lipinski definition) is 0. The first-order valence-corrected chi connectivity index (χ1v) is 16.7. The molecule has 2 nitrogen and oxygen atoms in total. The van der Waals surface area contributed by atoms with Crippen molar-refractivity contribution in [3.8, 4) is 33.6 Å². The summed E-state index contributed by atoms with van der Waals surface area (Å²) in [6, 6.07) is 56.6. The van der Waals surface area contributed by atoms with E-state index in [1.807, 2.05) is 11.3 Å². The van der Waals surface area contributed by atoms with Crippen LogP contribution in [0.5, 0.6) is 0 Å². The van der Waals surface area contributed by atoms with Crippen LogP contribution in [0.15, 0.2) is 158 Å². The van der Waals surface area contributed by atoms with Gasteiger partial charge < -0.3 is 0 Å². The van der Waals surface area contributed by atoms with Gasteiger partial charge in [-0.3, -0.25) is 0 Å². The van der Waals surface area contributed by atoms with Gasteiger partial charge in [0.15, 0.2) is 0 Å². The van der Waals surface area contributed by atoms with Crippen molar-refractivity contribution in [3.05, 3.63) is 158 Å². The highest BCUT2D eigenvalue weighted by molar-refractivity contribution is 7.25. The summed E-state index contributed by atoms with van der Waals surface area (Å²) < 4.78 is 2.63. The van der Waals surface area contributed by atoms with Gasteiger partial charge in [-0.2, -0.15) is 0 Å². The molecule has 0 spiro atoms. The van der Waals surface area contributed by atoms with Gasteiger partial charge >= 0.3 is 0 Å². The van der Waals surface area contributed by atoms with Crippen molar-refractivity contribution in [2.45, 2.75) is 0 Å². The summed E-state index contributed by atoms with van der Waals surface area (Å²) in [5, 5.41) is 9.69. The van der Waals surface area contributed by atoms with Gasteiger partial charge in [0, 0.05) is 42.1 Å². The van der Waals surface area contributed by atoms with E-state index in [9.17, 15) is 0 Å². The van der Waals surface area contributed by atoms with E-state index in [1.54, 1.807) is 0 Å². The molecule has 3 aromatic heterocycles. The number of rotatable bonds is 3.